The third kappa shape index (κ3) is 3.59. The number of hydrazine groups is 1. The molecular weight excluding hydrogens is 305 g/mol. The lowest BCUT2D eigenvalue weighted by atomic mass is 10.00. The fraction of sp³-hybridized carbons (Fsp3) is 0.154. The van der Waals surface area contributed by atoms with Gasteiger partial charge in [-0.25, -0.2) is 0 Å². The van der Waals surface area contributed by atoms with Gasteiger partial charge in [-0.05, 0) is 35.7 Å². The van der Waals surface area contributed by atoms with Crippen molar-refractivity contribution in [1.82, 2.24) is 10.4 Å². The van der Waals surface area contributed by atoms with E-state index in [0.29, 0.717) is 21.5 Å². The quantitative estimate of drug-likeness (QED) is 0.666. The summed E-state index contributed by atoms with van der Waals surface area (Å²) in [5.74, 6) is 5.61. The van der Waals surface area contributed by atoms with Gasteiger partial charge in [-0.1, -0.05) is 40.9 Å². The minimum atomic E-state index is -0.148. The van der Waals surface area contributed by atoms with Crippen molar-refractivity contribution in [3.05, 3.63) is 62.9 Å². The van der Waals surface area contributed by atoms with Crippen molar-refractivity contribution in [2.24, 2.45) is 5.84 Å². The first-order valence-electron chi connectivity index (χ1n) is 5.61. The van der Waals surface area contributed by atoms with Crippen LogP contribution in [0.3, 0.4) is 0 Å². The fourth-order valence-corrected chi connectivity index (χ4v) is 2.57. The summed E-state index contributed by atoms with van der Waals surface area (Å²) in [5, 5.41) is 1.76. The number of pyridine rings is 1. The van der Waals surface area contributed by atoms with Gasteiger partial charge < -0.3 is 0 Å². The van der Waals surface area contributed by atoms with Crippen molar-refractivity contribution in [2.75, 3.05) is 0 Å². The van der Waals surface area contributed by atoms with Crippen LogP contribution in [0.2, 0.25) is 15.1 Å². The Morgan fingerprint density at radius 3 is 2.58 bits per heavy atom. The van der Waals surface area contributed by atoms with Crippen molar-refractivity contribution in [3.8, 4) is 0 Å². The summed E-state index contributed by atoms with van der Waals surface area (Å²) < 4.78 is 0. The van der Waals surface area contributed by atoms with Crippen molar-refractivity contribution in [2.45, 2.75) is 12.5 Å². The summed E-state index contributed by atoms with van der Waals surface area (Å²) in [4.78, 5) is 3.95. The van der Waals surface area contributed by atoms with Crippen LogP contribution in [0.25, 0.3) is 0 Å². The van der Waals surface area contributed by atoms with Gasteiger partial charge in [-0.15, -0.1) is 0 Å². The first kappa shape index (κ1) is 14.6. The van der Waals surface area contributed by atoms with E-state index in [1.54, 1.807) is 24.5 Å². The number of aromatic nitrogens is 1. The third-order valence-corrected chi connectivity index (χ3v) is 3.72. The Balaban J connectivity index is 2.28. The summed E-state index contributed by atoms with van der Waals surface area (Å²) in [6.45, 7) is 0. The second-order valence-electron chi connectivity index (χ2n) is 4.06. The molecular formula is C13H12Cl3N3. The zero-order chi connectivity index (χ0) is 13.8. The number of hydrogen-bond donors (Lipinski definition) is 2. The number of halogens is 3. The maximum atomic E-state index is 6.18. The van der Waals surface area contributed by atoms with Crippen LogP contribution in [-0.2, 0) is 6.42 Å². The predicted molar refractivity (Wildman–Crippen MR) is 79.5 cm³/mol. The summed E-state index contributed by atoms with van der Waals surface area (Å²) in [7, 11) is 0. The number of nitrogens with one attached hydrogen (secondary N) is 1. The number of nitrogens with two attached hydrogens (primary N) is 1. The molecule has 1 aromatic carbocycles. The first-order chi connectivity index (χ1) is 9.11. The summed E-state index contributed by atoms with van der Waals surface area (Å²) in [5.41, 5.74) is 4.57. The predicted octanol–water partition coefficient (Wildman–Crippen LogP) is 3.79. The van der Waals surface area contributed by atoms with Crippen LogP contribution in [0.4, 0.5) is 0 Å². The average molecular weight is 317 g/mol. The van der Waals surface area contributed by atoms with Crippen LogP contribution < -0.4 is 11.3 Å². The monoisotopic (exact) mass is 315 g/mol. The molecule has 3 N–H and O–H groups in total. The zero-order valence-corrected chi connectivity index (χ0v) is 12.2. The van der Waals surface area contributed by atoms with E-state index in [1.807, 2.05) is 12.1 Å². The molecule has 3 nitrogen and oxygen atoms in total. The van der Waals surface area contributed by atoms with Gasteiger partial charge in [0.2, 0.25) is 0 Å². The van der Waals surface area contributed by atoms with Gasteiger partial charge >= 0.3 is 0 Å². The normalized spacial score (nSPS) is 12.4. The highest BCUT2D eigenvalue weighted by Gasteiger charge is 2.15. The van der Waals surface area contributed by atoms with E-state index in [4.69, 9.17) is 40.6 Å². The molecule has 2 aromatic rings. The molecule has 0 spiro atoms. The van der Waals surface area contributed by atoms with Crippen molar-refractivity contribution in [1.29, 1.82) is 0 Å². The Kier molecular flexibility index (Phi) is 5.02. The largest absolute Gasteiger partial charge is 0.271 e. The Labute approximate surface area is 126 Å². The van der Waals surface area contributed by atoms with Gasteiger partial charge in [0.25, 0.3) is 0 Å². The van der Waals surface area contributed by atoms with E-state index >= 15 is 0 Å². The van der Waals surface area contributed by atoms with Crippen molar-refractivity contribution >= 4 is 34.8 Å². The smallest absolute Gasteiger partial charge is 0.0622 e. The molecule has 0 aliphatic heterocycles. The van der Waals surface area contributed by atoms with E-state index in [1.165, 1.54) is 0 Å². The van der Waals surface area contributed by atoms with Gasteiger partial charge in [0, 0.05) is 22.4 Å². The van der Waals surface area contributed by atoms with Gasteiger partial charge in [-0.3, -0.25) is 16.3 Å². The Morgan fingerprint density at radius 1 is 1.16 bits per heavy atom. The first-order valence-corrected chi connectivity index (χ1v) is 6.74. The molecule has 0 aliphatic carbocycles. The highest BCUT2D eigenvalue weighted by Crippen LogP contribution is 2.29. The molecule has 0 saturated heterocycles. The molecule has 2 rings (SSSR count). The summed E-state index contributed by atoms with van der Waals surface area (Å²) >= 11 is 18.2. The number of hydrogen-bond acceptors (Lipinski definition) is 3. The molecule has 1 unspecified atom stereocenters. The zero-order valence-electron chi connectivity index (χ0n) is 9.91. The van der Waals surface area contributed by atoms with Gasteiger partial charge in [0.15, 0.2) is 0 Å². The Morgan fingerprint density at radius 2 is 1.95 bits per heavy atom. The van der Waals surface area contributed by atoms with Crippen LogP contribution in [0, 0.1) is 0 Å². The molecule has 0 aliphatic rings. The van der Waals surface area contributed by atoms with Gasteiger partial charge in [-0.2, -0.15) is 0 Å². The van der Waals surface area contributed by atoms with E-state index in [-0.39, 0.29) is 6.04 Å². The molecule has 1 heterocycles. The molecule has 0 amide bonds. The standard InChI is InChI=1S/C13H12Cl3N3/c14-9-1-2-10(11(15)6-9)13(19-17)5-8-3-4-18-7-12(8)16/h1-4,6-7,13,19H,5,17H2. The average Bonchev–Trinajstić information content (AvgIpc) is 2.39. The topological polar surface area (TPSA) is 50.9 Å². The fourth-order valence-electron chi connectivity index (χ4n) is 1.83. The molecule has 19 heavy (non-hydrogen) atoms. The van der Waals surface area contributed by atoms with Gasteiger partial charge in [0.1, 0.15) is 0 Å². The third-order valence-electron chi connectivity index (χ3n) is 2.82. The number of nitrogens with zero attached hydrogens (tertiary/aromatic N) is 1. The van der Waals surface area contributed by atoms with Crippen molar-refractivity contribution < 1.29 is 0 Å². The molecule has 0 saturated carbocycles. The molecule has 100 valence electrons. The lowest BCUT2D eigenvalue weighted by molar-refractivity contribution is 0.552. The molecule has 0 bridgehead atoms. The van der Waals surface area contributed by atoms with Crippen LogP contribution in [0.5, 0.6) is 0 Å². The Hall–Kier alpha value is -0.840. The van der Waals surface area contributed by atoms with Crippen LogP contribution in [0.1, 0.15) is 17.2 Å². The minimum absolute atomic E-state index is 0.148. The number of benzene rings is 1. The molecule has 0 radical (unpaired) electrons. The van der Waals surface area contributed by atoms with Crippen LogP contribution in [0.15, 0.2) is 36.7 Å². The van der Waals surface area contributed by atoms with Crippen molar-refractivity contribution in [3.63, 3.8) is 0 Å². The lowest BCUT2D eigenvalue weighted by Gasteiger charge is -2.18. The highest BCUT2D eigenvalue weighted by molar-refractivity contribution is 6.35. The molecule has 1 atom stereocenters. The molecule has 0 fully saturated rings. The molecule has 1 aromatic heterocycles. The van der Waals surface area contributed by atoms with E-state index < -0.39 is 0 Å². The van der Waals surface area contributed by atoms with E-state index in [0.717, 1.165) is 11.1 Å². The lowest BCUT2D eigenvalue weighted by Crippen LogP contribution is -2.29. The SMILES string of the molecule is NNC(Cc1ccncc1Cl)c1ccc(Cl)cc1Cl. The summed E-state index contributed by atoms with van der Waals surface area (Å²) in [6, 6.07) is 7.03. The number of rotatable bonds is 4. The Bertz CT molecular complexity index is 575. The van der Waals surface area contributed by atoms with Gasteiger partial charge in [0.05, 0.1) is 11.1 Å². The summed E-state index contributed by atoms with van der Waals surface area (Å²) in [6.07, 6.45) is 3.91. The maximum Gasteiger partial charge on any atom is 0.0622 e. The van der Waals surface area contributed by atoms with E-state index in [2.05, 4.69) is 10.4 Å². The minimum Gasteiger partial charge on any atom is -0.271 e. The van der Waals surface area contributed by atoms with Crippen LogP contribution in [-0.4, -0.2) is 4.98 Å². The van der Waals surface area contributed by atoms with Crippen LogP contribution >= 0.6 is 34.8 Å². The van der Waals surface area contributed by atoms with E-state index in [9.17, 15) is 0 Å². The highest BCUT2D eigenvalue weighted by atomic mass is 35.5. The second-order valence-corrected chi connectivity index (χ2v) is 5.31. The maximum absolute atomic E-state index is 6.18. The second kappa shape index (κ2) is 6.55. The molecule has 6 heteroatoms.